The molecule has 0 atom stereocenters. The maximum atomic E-state index is 12.4. The quantitative estimate of drug-likeness (QED) is 0.550. The van der Waals surface area contributed by atoms with Gasteiger partial charge in [-0.3, -0.25) is 0 Å². The van der Waals surface area contributed by atoms with E-state index in [2.05, 4.69) is 21.9 Å². The highest BCUT2D eigenvalue weighted by molar-refractivity contribution is 5.21. The van der Waals surface area contributed by atoms with Crippen molar-refractivity contribution in [1.29, 1.82) is 0 Å². The number of anilines is 1. The van der Waals surface area contributed by atoms with Gasteiger partial charge in [0.15, 0.2) is 5.82 Å². The van der Waals surface area contributed by atoms with Crippen LogP contribution in [0.3, 0.4) is 0 Å². The average Bonchev–Trinajstić information content (AvgIpc) is 2.26. The van der Waals surface area contributed by atoms with Crippen LogP contribution in [-0.2, 0) is 4.74 Å². The first-order valence-corrected chi connectivity index (χ1v) is 4.73. The van der Waals surface area contributed by atoms with Crippen LogP contribution in [0, 0.1) is 5.82 Å². The van der Waals surface area contributed by atoms with Gasteiger partial charge in [-0.1, -0.05) is 6.08 Å². The van der Waals surface area contributed by atoms with Crippen molar-refractivity contribution >= 4 is 5.95 Å². The molecule has 1 rings (SSSR count). The molecule has 0 aromatic carbocycles. The monoisotopic (exact) mass is 211 g/mol. The molecule has 0 radical (unpaired) electrons. The Morgan fingerprint density at radius 1 is 1.40 bits per heavy atom. The Morgan fingerprint density at radius 2 is 2.13 bits per heavy atom. The van der Waals surface area contributed by atoms with Crippen LogP contribution < -0.4 is 5.32 Å². The molecule has 0 unspecified atom stereocenters. The van der Waals surface area contributed by atoms with Gasteiger partial charge in [-0.2, -0.15) is 0 Å². The van der Waals surface area contributed by atoms with Gasteiger partial charge in [0.2, 0.25) is 5.95 Å². The van der Waals surface area contributed by atoms with Gasteiger partial charge in [0.1, 0.15) is 0 Å². The van der Waals surface area contributed by atoms with E-state index in [-0.39, 0.29) is 0 Å². The second kappa shape index (κ2) is 6.89. The smallest absolute Gasteiger partial charge is 0.222 e. The van der Waals surface area contributed by atoms with Crippen molar-refractivity contribution < 1.29 is 9.13 Å². The van der Waals surface area contributed by atoms with Crippen LogP contribution in [0.5, 0.6) is 0 Å². The molecule has 4 nitrogen and oxygen atoms in total. The molecule has 1 aromatic heterocycles. The minimum atomic E-state index is -0.442. The Morgan fingerprint density at radius 3 is 2.80 bits per heavy atom. The summed E-state index contributed by atoms with van der Waals surface area (Å²) in [5.41, 5.74) is 0. The summed E-state index contributed by atoms with van der Waals surface area (Å²) in [6, 6.07) is 0. The first-order valence-electron chi connectivity index (χ1n) is 4.73. The Bertz CT molecular complexity index is 289. The number of hydrogen-bond acceptors (Lipinski definition) is 4. The summed E-state index contributed by atoms with van der Waals surface area (Å²) in [5.74, 6) is -0.0356. The third-order valence-corrected chi connectivity index (χ3v) is 1.62. The van der Waals surface area contributed by atoms with Crippen LogP contribution in [-0.4, -0.2) is 29.7 Å². The first-order chi connectivity index (χ1) is 7.33. The Kier molecular flexibility index (Phi) is 5.32. The highest BCUT2D eigenvalue weighted by atomic mass is 19.1. The van der Waals surface area contributed by atoms with Gasteiger partial charge in [-0.15, -0.1) is 6.58 Å². The molecule has 0 amide bonds. The van der Waals surface area contributed by atoms with Crippen molar-refractivity contribution in [2.45, 2.75) is 6.42 Å². The van der Waals surface area contributed by atoms with E-state index in [0.29, 0.717) is 25.7 Å². The standard InChI is InChI=1S/C10H14FN3O/c1-2-3-5-15-6-4-12-10-13-7-9(11)8-14-10/h2,7-8H,1,3-6H2,(H,12,13,14). The summed E-state index contributed by atoms with van der Waals surface area (Å²) < 4.78 is 17.7. The molecule has 0 aliphatic heterocycles. The molecule has 0 saturated carbocycles. The first kappa shape index (κ1) is 11.6. The van der Waals surface area contributed by atoms with E-state index in [1.54, 1.807) is 6.08 Å². The summed E-state index contributed by atoms with van der Waals surface area (Å²) in [6.07, 6.45) is 4.88. The maximum absolute atomic E-state index is 12.4. The molecule has 0 bridgehead atoms. The van der Waals surface area contributed by atoms with Crippen molar-refractivity contribution in [3.63, 3.8) is 0 Å². The van der Waals surface area contributed by atoms with Crippen LogP contribution in [0.2, 0.25) is 0 Å². The third kappa shape index (κ3) is 5.07. The Labute approximate surface area is 88.2 Å². The van der Waals surface area contributed by atoms with Crippen LogP contribution in [0.15, 0.2) is 25.0 Å². The lowest BCUT2D eigenvalue weighted by Gasteiger charge is -2.04. The predicted molar refractivity (Wildman–Crippen MR) is 56.1 cm³/mol. The van der Waals surface area contributed by atoms with Gasteiger partial charge in [0.25, 0.3) is 0 Å². The molecule has 1 N–H and O–H groups in total. The van der Waals surface area contributed by atoms with E-state index in [9.17, 15) is 4.39 Å². The molecule has 0 fully saturated rings. The fourth-order valence-corrected chi connectivity index (χ4v) is 0.907. The second-order valence-corrected chi connectivity index (χ2v) is 2.84. The summed E-state index contributed by atoms with van der Waals surface area (Å²) in [6.45, 7) is 5.41. The summed E-state index contributed by atoms with van der Waals surface area (Å²) in [5, 5.41) is 2.91. The lowest BCUT2D eigenvalue weighted by Crippen LogP contribution is -2.11. The summed E-state index contributed by atoms with van der Waals surface area (Å²) in [7, 11) is 0. The van der Waals surface area contributed by atoms with E-state index < -0.39 is 5.82 Å². The maximum Gasteiger partial charge on any atom is 0.222 e. The lowest BCUT2D eigenvalue weighted by atomic mass is 10.4. The number of rotatable bonds is 7. The molecular weight excluding hydrogens is 197 g/mol. The van der Waals surface area contributed by atoms with Crippen molar-refractivity contribution in [3.8, 4) is 0 Å². The normalized spacial score (nSPS) is 9.93. The number of aromatic nitrogens is 2. The fraction of sp³-hybridized carbons (Fsp3) is 0.400. The number of hydrogen-bond donors (Lipinski definition) is 1. The number of halogens is 1. The molecule has 0 aliphatic rings. The largest absolute Gasteiger partial charge is 0.379 e. The van der Waals surface area contributed by atoms with Gasteiger partial charge < -0.3 is 10.1 Å². The fourth-order valence-electron chi connectivity index (χ4n) is 0.907. The minimum absolute atomic E-state index is 0.406. The van der Waals surface area contributed by atoms with Gasteiger partial charge in [0, 0.05) is 6.54 Å². The van der Waals surface area contributed by atoms with E-state index >= 15 is 0 Å². The topological polar surface area (TPSA) is 47.0 Å². The van der Waals surface area contributed by atoms with E-state index in [0.717, 1.165) is 18.8 Å². The lowest BCUT2D eigenvalue weighted by molar-refractivity contribution is 0.149. The zero-order valence-electron chi connectivity index (χ0n) is 8.45. The van der Waals surface area contributed by atoms with Crippen molar-refractivity contribution in [2.24, 2.45) is 0 Å². The average molecular weight is 211 g/mol. The SMILES string of the molecule is C=CCCOCCNc1ncc(F)cn1. The van der Waals surface area contributed by atoms with Crippen molar-refractivity contribution in [2.75, 3.05) is 25.1 Å². The predicted octanol–water partition coefficient (Wildman–Crippen LogP) is 1.62. The van der Waals surface area contributed by atoms with Crippen LogP contribution in [0.4, 0.5) is 10.3 Å². The zero-order valence-corrected chi connectivity index (χ0v) is 8.45. The van der Waals surface area contributed by atoms with Crippen molar-refractivity contribution in [3.05, 3.63) is 30.9 Å². The summed E-state index contributed by atoms with van der Waals surface area (Å²) >= 11 is 0. The van der Waals surface area contributed by atoms with Crippen molar-refractivity contribution in [1.82, 2.24) is 9.97 Å². The molecule has 1 heterocycles. The van der Waals surface area contributed by atoms with E-state index in [1.165, 1.54) is 0 Å². The number of nitrogens with zero attached hydrogens (tertiary/aromatic N) is 2. The Hall–Kier alpha value is -1.49. The summed E-state index contributed by atoms with van der Waals surface area (Å²) in [4.78, 5) is 7.49. The molecular formula is C10H14FN3O. The molecule has 0 spiro atoms. The van der Waals surface area contributed by atoms with Gasteiger partial charge >= 0.3 is 0 Å². The minimum Gasteiger partial charge on any atom is -0.379 e. The van der Waals surface area contributed by atoms with E-state index in [1.807, 2.05) is 0 Å². The molecule has 5 heteroatoms. The molecule has 0 saturated heterocycles. The highest BCUT2D eigenvalue weighted by Gasteiger charge is 1.95. The Balaban J connectivity index is 2.09. The molecule has 82 valence electrons. The van der Waals surface area contributed by atoms with Gasteiger partial charge in [0.05, 0.1) is 25.6 Å². The van der Waals surface area contributed by atoms with E-state index in [4.69, 9.17) is 4.74 Å². The third-order valence-electron chi connectivity index (χ3n) is 1.62. The second-order valence-electron chi connectivity index (χ2n) is 2.84. The number of ether oxygens (including phenoxy) is 1. The highest BCUT2D eigenvalue weighted by Crippen LogP contribution is 1.97. The molecule has 0 aliphatic carbocycles. The van der Waals surface area contributed by atoms with Crippen LogP contribution in [0.25, 0.3) is 0 Å². The van der Waals surface area contributed by atoms with Crippen LogP contribution >= 0.6 is 0 Å². The zero-order chi connectivity index (χ0) is 10.9. The number of nitrogens with one attached hydrogen (secondary N) is 1. The molecule has 15 heavy (non-hydrogen) atoms. The molecule has 1 aromatic rings. The van der Waals surface area contributed by atoms with Gasteiger partial charge in [-0.05, 0) is 6.42 Å². The van der Waals surface area contributed by atoms with Gasteiger partial charge in [-0.25, -0.2) is 14.4 Å². The van der Waals surface area contributed by atoms with Crippen LogP contribution in [0.1, 0.15) is 6.42 Å².